The zero-order valence-electron chi connectivity index (χ0n) is 29.2. The van der Waals surface area contributed by atoms with E-state index in [9.17, 15) is 19.2 Å². The number of carbonyl (C=O) groups is 4. The maximum Gasteiger partial charge on any atom is 0.408 e. The normalized spacial score (nSPS) is 14.5. The molecule has 1 aliphatic rings. The summed E-state index contributed by atoms with van der Waals surface area (Å²) in [6, 6.07) is 18.0. The van der Waals surface area contributed by atoms with Crippen LogP contribution in [0.3, 0.4) is 0 Å². The van der Waals surface area contributed by atoms with Gasteiger partial charge >= 0.3 is 6.09 Å². The van der Waals surface area contributed by atoms with Crippen molar-refractivity contribution in [2.45, 2.75) is 96.6 Å². The fourth-order valence-electron chi connectivity index (χ4n) is 5.48. The van der Waals surface area contributed by atoms with Crippen LogP contribution in [-0.2, 0) is 36.9 Å². The summed E-state index contributed by atoms with van der Waals surface area (Å²) >= 11 is 0. The van der Waals surface area contributed by atoms with Gasteiger partial charge in [0.2, 0.25) is 11.8 Å². The number of anilines is 1. The first kappa shape index (κ1) is 37.1. The van der Waals surface area contributed by atoms with Crippen molar-refractivity contribution >= 4 is 29.6 Å². The highest BCUT2D eigenvalue weighted by molar-refractivity contribution is 5.98. The Kier molecular flexibility index (Phi) is 13.0. The quantitative estimate of drug-likeness (QED) is 0.206. The first-order chi connectivity index (χ1) is 23.3. The average Bonchev–Trinajstić information content (AvgIpc) is 3.75. The Morgan fingerprint density at radius 2 is 1.53 bits per heavy atom. The summed E-state index contributed by atoms with van der Waals surface area (Å²) in [5.41, 5.74) is -0.0569. The number of hydrogen-bond acceptors (Lipinski definition) is 7. The average molecular weight is 675 g/mol. The van der Waals surface area contributed by atoms with Gasteiger partial charge in [-0.2, -0.15) is 0 Å². The number of aromatic nitrogens is 2. The second-order valence-electron chi connectivity index (χ2n) is 13.9. The largest absolute Gasteiger partial charge is 0.444 e. The van der Waals surface area contributed by atoms with Crippen molar-refractivity contribution < 1.29 is 28.7 Å². The summed E-state index contributed by atoms with van der Waals surface area (Å²) in [5.74, 6) is -0.894. The fraction of sp³-hybridized carbons (Fsp3) is 0.486. The van der Waals surface area contributed by atoms with Gasteiger partial charge in [-0.1, -0.05) is 60.7 Å². The molecule has 0 radical (unpaired) electrons. The molecular weight excluding hydrogens is 624 g/mol. The standard InChI is InChI=1S/C37H50N6O6/c1-36(2,3)49-35(47)41-37(4,5)34(46)39-29(25-48-24-28-17-10-7-11-18-28)32(44)40-31-23-43(26-38-31)30(33(45)42-21-12-13-22-42)20-14-19-27-15-8-6-9-16-27/h6-11,15-18,23,26,29-30H,12-14,19-22,24-25H2,1-5H3,(H,39,46)(H,40,44)(H,41,47). The molecule has 3 N–H and O–H groups in total. The molecular formula is C37H50N6O6. The lowest BCUT2D eigenvalue weighted by Crippen LogP contribution is -2.59. The van der Waals surface area contributed by atoms with E-state index in [1.807, 2.05) is 53.4 Å². The molecule has 0 spiro atoms. The Morgan fingerprint density at radius 3 is 2.16 bits per heavy atom. The molecule has 0 aliphatic carbocycles. The van der Waals surface area contributed by atoms with Gasteiger partial charge in [0.25, 0.3) is 5.91 Å². The second-order valence-corrected chi connectivity index (χ2v) is 13.9. The van der Waals surface area contributed by atoms with E-state index in [4.69, 9.17) is 9.47 Å². The first-order valence-corrected chi connectivity index (χ1v) is 16.9. The van der Waals surface area contributed by atoms with Crippen LogP contribution in [0.1, 0.15) is 77.5 Å². The first-order valence-electron chi connectivity index (χ1n) is 16.9. The van der Waals surface area contributed by atoms with E-state index < -0.39 is 41.1 Å². The number of ether oxygens (including phenoxy) is 2. The van der Waals surface area contributed by atoms with Gasteiger partial charge in [-0.05, 0) is 77.8 Å². The highest BCUT2D eigenvalue weighted by Gasteiger charge is 2.35. The van der Waals surface area contributed by atoms with Gasteiger partial charge in [0.15, 0.2) is 5.82 Å². The minimum atomic E-state index is -1.41. The van der Waals surface area contributed by atoms with E-state index in [0.29, 0.717) is 6.42 Å². The number of amides is 4. The highest BCUT2D eigenvalue weighted by atomic mass is 16.6. The predicted octanol–water partition coefficient (Wildman–Crippen LogP) is 5.01. The van der Waals surface area contributed by atoms with Crippen LogP contribution in [0.25, 0.3) is 0 Å². The van der Waals surface area contributed by atoms with Gasteiger partial charge < -0.3 is 34.9 Å². The molecule has 12 nitrogen and oxygen atoms in total. The third-order valence-corrected chi connectivity index (χ3v) is 8.10. The molecule has 3 aromatic rings. The molecule has 2 aromatic carbocycles. The van der Waals surface area contributed by atoms with E-state index in [0.717, 1.165) is 44.3 Å². The summed E-state index contributed by atoms with van der Waals surface area (Å²) in [6.07, 6.45) is 6.66. The molecule has 4 rings (SSSR count). The van der Waals surface area contributed by atoms with E-state index in [1.165, 1.54) is 19.4 Å². The minimum Gasteiger partial charge on any atom is -0.444 e. The molecule has 2 unspecified atom stereocenters. The van der Waals surface area contributed by atoms with E-state index in [2.05, 4.69) is 33.1 Å². The molecule has 1 aliphatic heterocycles. The van der Waals surface area contributed by atoms with Gasteiger partial charge in [-0.3, -0.25) is 14.4 Å². The van der Waals surface area contributed by atoms with Gasteiger partial charge in [-0.15, -0.1) is 0 Å². The molecule has 1 aromatic heterocycles. The predicted molar refractivity (Wildman–Crippen MR) is 187 cm³/mol. The Morgan fingerprint density at radius 1 is 0.898 bits per heavy atom. The van der Waals surface area contributed by atoms with E-state index in [1.54, 1.807) is 37.9 Å². The van der Waals surface area contributed by atoms with Gasteiger partial charge in [0, 0.05) is 19.3 Å². The molecule has 264 valence electrons. The SMILES string of the molecule is CC(C)(C)OC(=O)NC(C)(C)C(=O)NC(COCc1ccccc1)C(=O)Nc1cn(C(CCCc2ccccc2)C(=O)N2CCCC2)cn1. The molecule has 0 saturated carbocycles. The molecule has 0 bridgehead atoms. The lowest BCUT2D eigenvalue weighted by atomic mass is 10.0. The Hall–Kier alpha value is -4.71. The van der Waals surface area contributed by atoms with Crippen molar-refractivity contribution in [3.05, 3.63) is 84.3 Å². The fourth-order valence-corrected chi connectivity index (χ4v) is 5.48. The summed E-state index contributed by atoms with van der Waals surface area (Å²) in [5, 5.41) is 8.07. The number of rotatable bonds is 15. The zero-order chi connectivity index (χ0) is 35.4. The zero-order valence-corrected chi connectivity index (χ0v) is 29.2. The smallest absolute Gasteiger partial charge is 0.408 e. The monoisotopic (exact) mass is 674 g/mol. The van der Waals surface area contributed by atoms with Crippen LogP contribution in [0.4, 0.5) is 10.6 Å². The maximum absolute atomic E-state index is 13.6. The number of aryl methyl sites for hydroxylation is 1. The summed E-state index contributed by atoms with van der Waals surface area (Å²) < 4.78 is 12.9. The third kappa shape index (κ3) is 11.7. The molecule has 12 heteroatoms. The Labute approximate surface area is 288 Å². The van der Waals surface area contributed by atoms with Crippen LogP contribution >= 0.6 is 0 Å². The Balaban J connectivity index is 1.46. The lowest BCUT2D eigenvalue weighted by Gasteiger charge is -2.29. The van der Waals surface area contributed by atoms with Crippen molar-refractivity contribution in [2.24, 2.45) is 0 Å². The number of nitrogens with zero attached hydrogens (tertiary/aromatic N) is 3. The number of benzene rings is 2. The third-order valence-electron chi connectivity index (χ3n) is 8.10. The van der Waals surface area contributed by atoms with Crippen molar-refractivity contribution in [1.29, 1.82) is 0 Å². The van der Waals surface area contributed by atoms with Crippen LogP contribution < -0.4 is 16.0 Å². The van der Waals surface area contributed by atoms with E-state index >= 15 is 0 Å². The summed E-state index contributed by atoms with van der Waals surface area (Å²) in [6.45, 7) is 9.74. The van der Waals surface area contributed by atoms with Crippen LogP contribution in [0.5, 0.6) is 0 Å². The molecule has 2 heterocycles. The summed E-state index contributed by atoms with van der Waals surface area (Å²) in [7, 11) is 0. The number of carbonyl (C=O) groups excluding carboxylic acids is 4. The molecule has 4 amide bonds. The molecule has 49 heavy (non-hydrogen) atoms. The minimum absolute atomic E-state index is 0.0417. The molecule has 2 atom stereocenters. The van der Waals surface area contributed by atoms with Crippen molar-refractivity contribution in [3.8, 4) is 0 Å². The van der Waals surface area contributed by atoms with Crippen LogP contribution in [0.2, 0.25) is 0 Å². The number of alkyl carbamates (subject to hydrolysis) is 1. The number of imidazole rings is 1. The van der Waals surface area contributed by atoms with Crippen LogP contribution in [0, 0.1) is 0 Å². The lowest BCUT2D eigenvalue weighted by molar-refractivity contribution is -0.134. The van der Waals surface area contributed by atoms with E-state index in [-0.39, 0.29) is 24.9 Å². The van der Waals surface area contributed by atoms with Gasteiger partial charge in [0.1, 0.15) is 23.2 Å². The van der Waals surface area contributed by atoms with Crippen LogP contribution in [0.15, 0.2) is 73.2 Å². The maximum atomic E-state index is 13.6. The highest BCUT2D eigenvalue weighted by Crippen LogP contribution is 2.23. The number of nitrogens with one attached hydrogen (secondary N) is 3. The van der Waals surface area contributed by atoms with Crippen molar-refractivity contribution in [2.75, 3.05) is 25.0 Å². The van der Waals surface area contributed by atoms with Crippen LogP contribution in [-0.4, -0.2) is 75.1 Å². The van der Waals surface area contributed by atoms with Gasteiger partial charge in [0.05, 0.1) is 19.5 Å². The number of likely N-dealkylation sites (tertiary alicyclic amines) is 1. The van der Waals surface area contributed by atoms with Crippen molar-refractivity contribution in [3.63, 3.8) is 0 Å². The van der Waals surface area contributed by atoms with Gasteiger partial charge in [-0.25, -0.2) is 9.78 Å². The summed E-state index contributed by atoms with van der Waals surface area (Å²) in [4.78, 5) is 59.4. The van der Waals surface area contributed by atoms with Crippen molar-refractivity contribution in [1.82, 2.24) is 25.1 Å². The molecule has 1 fully saturated rings. The molecule has 1 saturated heterocycles. The number of hydrogen-bond donors (Lipinski definition) is 3. The Bertz CT molecular complexity index is 1530. The second kappa shape index (κ2) is 17.1. The topological polar surface area (TPSA) is 144 Å².